The fourth-order valence-electron chi connectivity index (χ4n) is 2.90. The van der Waals surface area contributed by atoms with E-state index in [9.17, 15) is 0 Å². The van der Waals surface area contributed by atoms with Crippen LogP contribution in [0.2, 0.25) is 0 Å². The molecule has 3 aromatic rings. The first kappa shape index (κ1) is 20.5. The summed E-state index contributed by atoms with van der Waals surface area (Å²) in [6.45, 7) is 10.4. The molecule has 3 heterocycles. The van der Waals surface area contributed by atoms with E-state index in [-0.39, 0.29) is 0 Å². The second-order valence-corrected chi connectivity index (χ2v) is 7.55. The van der Waals surface area contributed by atoms with Crippen molar-refractivity contribution in [1.82, 2.24) is 25.2 Å². The van der Waals surface area contributed by atoms with Gasteiger partial charge in [0.1, 0.15) is 0 Å². The summed E-state index contributed by atoms with van der Waals surface area (Å²) in [4.78, 5) is 15.8. The van der Waals surface area contributed by atoms with E-state index in [0.29, 0.717) is 6.54 Å². The molecule has 150 valence electrons. The SMILES string of the molecule is C/C(=C\N(Cc1ccc(C)cn1)Cc1ccc(C)cn1)NCc1ccc(C)cn1. The zero-order chi connectivity index (χ0) is 20.6. The molecule has 0 radical (unpaired) electrons. The first-order valence-corrected chi connectivity index (χ1v) is 9.89. The number of nitrogens with one attached hydrogen (secondary N) is 1. The summed E-state index contributed by atoms with van der Waals surface area (Å²) in [6.07, 6.45) is 7.86. The highest BCUT2D eigenvalue weighted by Gasteiger charge is 2.07. The van der Waals surface area contributed by atoms with Gasteiger partial charge < -0.3 is 10.2 Å². The van der Waals surface area contributed by atoms with Gasteiger partial charge in [-0.15, -0.1) is 0 Å². The summed E-state index contributed by atoms with van der Waals surface area (Å²) < 4.78 is 0. The van der Waals surface area contributed by atoms with E-state index in [1.807, 2.05) is 25.5 Å². The van der Waals surface area contributed by atoms with Crippen molar-refractivity contribution in [2.75, 3.05) is 0 Å². The van der Waals surface area contributed by atoms with E-state index in [0.717, 1.165) is 35.9 Å². The monoisotopic (exact) mass is 387 g/mol. The first-order valence-electron chi connectivity index (χ1n) is 9.89. The van der Waals surface area contributed by atoms with Gasteiger partial charge in [0, 0.05) is 30.5 Å². The third-order valence-electron chi connectivity index (χ3n) is 4.57. The molecular weight excluding hydrogens is 358 g/mol. The Morgan fingerprint density at radius 3 is 1.62 bits per heavy atom. The van der Waals surface area contributed by atoms with E-state index in [1.165, 1.54) is 16.7 Å². The zero-order valence-corrected chi connectivity index (χ0v) is 17.7. The quantitative estimate of drug-likeness (QED) is 0.619. The molecule has 0 aliphatic carbocycles. The van der Waals surface area contributed by atoms with Gasteiger partial charge in [0.15, 0.2) is 0 Å². The van der Waals surface area contributed by atoms with Crippen LogP contribution in [0.4, 0.5) is 0 Å². The summed E-state index contributed by atoms with van der Waals surface area (Å²) in [5.74, 6) is 0. The normalized spacial score (nSPS) is 11.4. The Bertz CT molecular complexity index is 881. The summed E-state index contributed by atoms with van der Waals surface area (Å²) in [5, 5.41) is 3.45. The van der Waals surface area contributed by atoms with Crippen molar-refractivity contribution >= 4 is 0 Å². The van der Waals surface area contributed by atoms with Gasteiger partial charge in [-0.05, 0) is 62.6 Å². The van der Waals surface area contributed by atoms with Gasteiger partial charge in [-0.3, -0.25) is 15.0 Å². The largest absolute Gasteiger partial charge is 0.382 e. The smallest absolute Gasteiger partial charge is 0.0601 e. The number of aryl methyl sites for hydroxylation is 3. The maximum absolute atomic E-state index is 4.56. The molecular formula is C24H29N5. The highest BCUT2D eigenvalue weighted by Crippen LogP contribution is 2.11. The number of allylic oxidation sites excluding steroid dienone is 1. The van der Waals surface area contributed by atoms with Gasteiger partial charge in [-0.25, -0.2) is 0 Å². The van der Waals surface area contributed by atoms with Crippen LogP contribution in [-0.4, -0.2) is 19.9 Å². The number of hydrogen-bond donors (Lipinski definition) is 1. The molecule has 0 atom stereocenters. The Morgan fingerprint density at radius 2 is 1.21 bits per heavy atom. The number of pyridine rings is 3. The number of rotatable bonds is 8. The van der Waals surface area contributed by atoms with E-state index in [4.69, 9.17) is 0 Å². The second-order valence-electron chi connectivity index (χ2n) is 7.55. The summed E-state index contributed by atoms with van der Waals surface area (Å²) in [5.41, 5.74) is 7.67. The van der Waals surface area contributed by atoms with Crippen LogP contribution >= 0.6 is 0 Å². The molecule has 0 amide bonds. The predicted molar refractivity (Wildman–Crippen MR) is 117 cm³/mol. The molecule has 0 fully saturated rings. The number of aromatic nitrogens is 3. The molecule has 0 aliphatic heterocycles. The topological polar surface area (TPSA) is 53.9 Å². The van der Waals surface area contributed by atoms with Crippen LogP contribution in [0.25, 0.3) is 0 Å². The van der Waals surface area contributed by atoms with E-state index in [1.54, 1.807) is 0 Å². The first-order chi connectivity index (χ1) is 14.0. The molecule has 3 rings (SSSR count). The second kappa shape index (κ2) is 9.82. The molecule has 0 aliphatic rings. The lowest BCUT2D eigenvalue weighted by molar-refractivity contribution is 0.347. The fourth-order valence-corrected chi connectivity index (χ4v) is 2.90. The Hall–Kier alpha value is -3.21. The molecule has 0 saturated carbocycles. The molecule has 3 aromatic heterocycles. The highest BCUT2D eigenvalue weighted by molar-refractivity contribution is 5.16. The van der Waals surface area contributed by atoms with Crippen molar-refractivity contribution in [3.8, 4) is 0 Å². The van der Waals surface area contributed by atoms with Gasteiger partial charge in [-0.2, -0.15) is 0 Å². The van der Waals surface area contributed by atoms with Crippen LogP contribution in [0, 0.1) is 20.8 Å². The predicted octanol–water partition coefficient (Wildman–Crippen LogP) is 4.45. The summed E-state index contributed by atoms with van der Waals surface area (Å²) in [7, 11) is 0. The molecule has 1 N–H and O–H groups in total. The average Bonchev–Trinajstić information content (AvgIpc) is 2.71. The van der Waals surface area contributed by atoms with Gasteiger partial charge in [0.05, 0.1) is 36.7 Å². The highest BCUT2D eigenvalue weighted by atomic mass is 15.1. The van der Waals surface area contributed by atoms with E-state index in [2.05, 4.69) is 88.5 Å². The molecule has 29 heavy (non-hydrogen) atoms. The minimum Gasteiger partial charge on any atom is -0.382 e. The third-order valence-corrected chi connectivity index (χ3v) is 4.57. The lowest BCUT2D eigenvalue weighted by Crippen LogP contribution is -2.21. The van der Waals surface area contributed by atoms with Crippen LogP contribution in [0.1, 0.15) is 40.7 Å². The van der Waals surface area contributed by atoms with Crippen LogP contribution < -0.4 is 5.32 Å². The Balaban J connectivity index is 1.71. The third kappa shape index (κ3) is 6.71. The minimum atomic E-state index is 0.696. The number of nitrogens with zero attached hydrogens (tertiary/aromatic N) is 4. The number of hydrogen-bond acceptors (Lipinski definition) is 5. The lowest BCUT2D eigenvalue weighted by atomic mass is 10.2. The van der Waals surface area contributed by atoms with Gasteiger partial charge in [-0.1, -0.05) is 18.2 Å². The molecule has 0 bridgehead atoms. The van der Waals surface area contributed by atoms with Crippen molar-refractivity contribution in [2.45, 2.75) is 47.3 Å². The van der Waals surface area contributed by atoms with E-state index >= 15 is 0 Å². The van der Waals surface area contributed by atoms with Crippen molar-refractivity contribution in [3.05, 3.63) is 101 Å². The van der Waals surface area contributed by atoms with Crippen LogP contribution in [0.3, 0.4) is 0 Å². The molecule has 0 saturated heterocycles. The van der Waals surface area contributed by atoms with Gasteiger partial charge >= 0.3 is 0 Å². The lowest BCUT2D eigenvalue weighted by Gasteiger charge is -2.21. The standard InChI is InChI=1S/C24H29N5/c1-18-5-8-22(26-11-18)14-25-21(4)15-29(16-23-9-6-19(2)12-27-23)17-24-10-7-20(3)13-28-24/h5-13,15,25H,14,16-17H2,1-4H3/b21-15+. The van der Waals surface area contributed by atoms with Crippen molar-refractivity contribution < 1.29 is 0 Å². The fraction of sp³-hybridized carbons (Fsp3) is 0.292. The molecule has 0 unspecified atom stereocenters. The maximum Gasteiger partial charge on any atom is 0.0601 e. The average molecular weight is 388 g/mol. The zero-order valence-electron chi connectivity index (χ0n) is 17.7. The Morgan fingerprint density at radius 1 is 0.759 bits per heavy atom. The van der Waals surface area contributed by atoms with Gasteiger partial charge in [0.25, 0.3) is 0 Å². The summed E-state index contributed by atoms with van der Waals surface area (Å²) >= 11 is 0. The molecule has 0 spiro atoms. The minimum absolute atomic E-state index is 0.696. The maximum atomic E-state index is 4.56. The van der Waals surface area contributed by atoms with Crippen LogP contribution in [0.5, 0.6) is 0 Å². The van der Waals surface area contributed by atoms with Crippen molar-refractivity contribution in [2.24, 2.45) is 0 Å². The molecule has 0 aromatic carbocycles. The van der Waals surface area contributed by atoms with Crippen LogP contribution in [0.15, 0.2) is 66.9 Å². The Labute approximate surface area is 173 Å². The van der Waals surface area contributed by atoms with E-state index < -0.39 is 0 Å². The Kier molecular flexibility index (Phi) is 6.95. The van der Waals surface area contributed by atoms with Crippen molar-refractivity contribution in [3.63, 3.8) is 0 Å². The molecule has 5 nitrogen and oxygen atoms in total. The summed E-state index contributed by atoms with van der Waals surface area (Å²) in [6, 6.07) is 12.5. The van der Waals surface area contributed by atoms with Crippen LogP contribution in [-0.2, 0) is 19.6 Å². The molecule has 5 heteroatoms. The van der Waals surface area contributed by atoms with Crippen molar-refractivity contribution in [1.29, 1.82) is 0 Å². The van der Waals surface area contributed by atoms with Gasteiger partial charge in [0.2, 0.25) is 0 Å².